The summed E-state index contributed by atoms with van der Waals surface area (Å²) in [6.07, 6.45) is 7.84. The van der Waals surface area contributed by atoms with Crippen molar-refractivity contribution in [2.45, 2.75) is 34.6 Å². The number of rotatable bonds is 5. The Morgan fingerprint density at radius 3 is 2.41 bits per heavy atom. The number of hydrogen-bond acceptors (Lipinski definition) is 2. The summed E-state index contributed by atoms with van der Waals surface area (Å²) in [7, 11) is 1.76. The molecular weight excluding hydrogens is 292 g/mol. The van der Waals surface area contributed by atoms with Crippen LogP contribution in [0.4, 0.5) is 5.69 Å². The summed E-state index contributed by atoms with van der Waals surface area (Å²) in [5.74, 6) is 0. The third-order valence-electron chi connectivity index (χ3n) is 3.43. The molecule has 0 aromatic heterocycles. The zero-order valence-corrected chi connectivity index (χ0v) is 15.0. The summed E-state index contributed by atoms with van der Waals surface area (Å²) in [4.78, 5) is 4.02. The van der Waals surface area contributed by atoms with Gasteiger partial charge < -0.3 is 5.32 Å². The van der Waals surface area contributed by atoms with Crippen molar-refractivity contribution in [2.75, 3.05) is 12.4 Å². The van der Waals surface area contributed by atoms with E-state index in [4.69, 9.17) is 11.6 Å². The standard InChI is InChI=1S/C19H25ClN2/c1-7-8-16(9-10-21-6)17-11-14(4)19(18(20)12-17)22-15(5)13(2)3/h7-12,22H,1-6H3/b8-7+,16-9+,21-10?. The zero-order chi connectivity index (χ0) is 16.7. The third kappa shape index (κ3) is 4.88. The van der Waals surface area contributed by atoms with Gasteiger partial charge in [-0.15, -0.1) is 0 Å². The molecule has 1 aromatic carbocycles. The van der Waals surface area contributed by atoms with Gasteiger partial charge >= 0.3 is 0 Å². The van der Waals surface area contributed by atoms with Gasteiger partial charge in [0.2, 0.25) is 0 Å². The van der Waals surface area contributed by atoms with Gasteiger partial charge in [-0.2, -0.15) is 0 Å². The average Bonchev–Trinajstić information content (AvgIpc) is 2.46. The molecule has 0 aliphatic heterocycles. The van der Waals surface area contributed by atoms with Gasteiger partial charge in [0.25, 0.3) is 0 Å². The van der Waals surface area contributed by atoms with Crippen LogP contribution in [0.2, 0.25) is 5.02 Å². The fourth-order valence-electron chi connectivity index (χ4n) is 1.96. The molecular formula is C19H25ClN2. The van der Waals surface area contributed by atoms with Gasteiger partial charge in [0, 0.05) is 19.0 Å². The van der Waals surface area contributed by atoms with Crippen molar-refractivity contribution in [1.82, 2.24) is 0 Å². The second-order valence-electron chi connectivity index (χ2n) is 5.43. The van der Waals surface area contributed by atoms with Crippen molar-refractivity contribution in [3.63, 3.8) is 0 Å². The molecule has 0 aliphatic rings. The van der Waals surface area contributed by atoms with Gasteiger partial charge in [-0.05, 0) is 69.5 Å². The second kappa shape index (κ2) is 8.60. The van der Waals surface area contributed by atoms with Crippen molar-refractivity contribution in [2.24, 2.45) is 4.99 Å². The lowest BCUT2D eigenvalue weighted by atomic mass is 10.0. The van der Waals surface area contributed by atoms with Crippen molar-refractivity contribution in [3.05, 3.63) is 57.8 Å². The Kier molecular flexibility index (Phi) is 7.13. The average molecular weight is 317 g/mol. The smallest absolute Gasteiger partial charge is 0.0649 e. The topological polar surface area (TPSA) is 24.4 Å². The quantitative estimate of drug-likeness (QED) is 0.520. The van der Waals surface area contributed by atoms with Crippen LogP contribution in [0, 0.1) is 6.92 Å². The predicted octanol–water partition coefficient (Wildman–Crippen LogP) is 6.03. The van der Waals surface area contributed by atoms with Crippen LogP contribution in [0.3, 0.4) is 0 Å². The van der Waals surface area contributed by atoms with E-state index in [1.54, 1.807) is 13.3 Å². The Hall–Kier alpha value is -1.80. The van der Waals surface area contributed by atoms with E-state index < -0.39 is 0 Å². The summed E-state index contributed by atoms with van der Waals surface area (Å²) in [6.45, 7) is 10.3. The number of nitrogens with zero attached hydrogens (tertiary/aromatic N) is 1. The molecule has 0 bridgehead atoms. The van der Waals surface area contributed by atoms with Gasteiger partial charge in [0.15, 0.2) is 0 Å². The highest BCUT2D eigenvalue weighted by molar-refractivity contribution is 6.33. The lowest BCUT2D eigenvalue weighted by Gasteiger charge is -2.15. The lowest BCUT2D eigenvalue weighted by molar-refractivity contribution is 1.22. The molecule has 0 atom stereocenters. The van der Waals surface area contributed by atoms with Crippen LogP contribution in [-0.2, 0) is 0 Å². The van der Waals surface area contributed by atoms with Crippen LogP contribution in [0.5, 0.6) is 0 Å². The van der Waals surface area contributed by atoms with E-state index >= 15 is 0 Å². The van der Waals surface area contributed by atoms with E-state index in [1.807, 2.05) is 25.1 Å². The van der Waals surface area contributed by atoms with Crippen molar-refractivity contribution < 1.29 is 0 Å². The molecule has 1 aromatic rings. The molecule has 1 rings (SSSR count). The fourth-order valence-corrected chi connectivity index (χ4v) is 2.28. The Bertz CT molecular complexity index is 622. The van der Waals surface area contributed by atoms with Crippen LogP contribution in [0.25, 0.3) is 5.57 Å². The van der Waals surface area contributed by atoms with Crippen LogP contribution in [0.1, 0.15) is 38.8 Å². The second-order valence-corrected chi connectivity index (χ2v) is 5.84. The van der Waals surface area contributed by atoms with Gasteiger partial charge in [0.1, 0.15) is 0 Å². The van der Waals surface area contributed by atoms with Gasteiger partial charge in [0.05, 0.1) is 10.7 Å². The molecule has 0 fully saturated rings. The first-order chi connectivity index (χ1) is 10.4. The van der Waals surface area contributed by atoms with Crippen LogP contribution in [0.15, 0.2) is 46.6 Å². The first-order valence-electron chi connectivity index (χ1n) is 7.37. The Morgan fingerprint density at radius 1 is 1.23 bits per heavy atom. The molecule has 118 valence electrons. The zero-order valence-electron chi connectivity index (χ0n) is 14.3. The van der Waals surface area contributed by atoms with Gasteiger partial charge in [-0.3, -0.25) is 4.99 Å². The number of aliphatic imine (C=N–C) groups is 1. The van der Waals surface area contributed by atoms with E-state index in [9.17, 15) is 0 Å². The lowest BCUT2D eigenvalue weighted by Crippen LogP contribution is -2.01. The first kappa shape index (κ1) is 18.2. The maximum Gasteiger partial charge on any atom is 0.0649 e. The van der Waals surface area contributed by atoms with Crippen LogP contribution < -0.4 is 5.32 Å². The van der Waals surface area contributed by atoms with Crippen LogP contribution in [-0.4, -0.2) is 13.3 Å². The fraction of sp³-hybridized carbons (Fsp3) is 0.316. The predicted molar refractivity (Wildman–Crippen MR) is 101 cm³/mol. The summed E-state index contributed by atoms with van der Waals surface area (Å²) in [5.41, 5.74) is 6.62. The number of hydrogen-bond donors (Lipinski definition) is 1. The molecule has 0 saturated carbocycles. The number of aryl methyl sites for hydroxylation is 1. The van der Waals surface area contributed by atoms with E-state index in [-0.39, 0.29) is 0 Å². The minimum Gasteiger partial charge on any atom is -0.358 e. The number of allylic oxidation sites excluding steroid dienone is 6. The maximum atomic E-state index is 6.49. The molecule has 0 radical (unpaired) electrons. The Balaban J connectivity index is 3.31. The molecule has 0 aliphatic carbocycles. The monoisotopic (exact) mass is 316 g/mol. The normalized spacial score (nSPS) is 12.2. The Morgan fingerprint density at radius 2 is 1.91 bits per heavy atom. The largest absolute Gasteiger partial charge is 0.358 e. The maximum absolute atomic E-state index is 6.49. The molecule has 2 nitrogen and oxygen atoms in total. The summed E-state index contributed by atoms with van der Waals surface area (Å²) in [6, 6.07) is 4.13. The molecule has 0 spiro atoms. The molecule has 3 heteroatoms. The van der Waals surface area contributed by atoms with E-state index in [0.717, 1.165) is 33.1 Å². The Labute approximate surface area is 139 Å². The minimum atomic E-state index is 0.722. The molecule has 1 N–H and O–H groups in total. The van der Waals surface area contributed by atoms with Gasteiger partial charge in [-0.25, -0.2) is 0 Å². The molecule has 0 saturated heterocycles. The summed E-state index contributed by atoms with van der Waals surface area (Å²) < 4.78 is 0. The number of nitrogens with one attached hydrogen (secondary N) is 1. The third-order valence-corrected chi connectivity index (χ3v) is 3.73. The number of anilines is 1. The summed E-state index contributed by atoms with van der Waals surface area (Å²) >= 11 is 6.49. The highest BCUT2D eigenvalue weighted by atomic mass is 35.5. The van der Waals surface area contributed by atoms with Crippen molar-refractivity contribution in [1.29, 1.82) is 0 Å². The highest BCUT2D eigenvalue weighted by Crippen LogP contribution is 2.32. The highest BCUT2D eigenvalue weighted by Gasteiger charge is 2.09. The van der Waals surface area contributed by atoms with E-state index in [0.29, 0.717) is 0 Å². The molecule has 22 heavy (non-hydrogen) atoms. The van der Waals surface area contributed by atoms with Crippen molar-refractivity contribution in [3.8, 4) is 0 Å². The van der Waals surface area contributed by atoms with Gasteiger partial charge in [-0.1, -0.05) is 29.3 Å². The van der Waals surface area contributed by atoms with E-state index in [1.165, 1.54) is 5.57 Å². The molecule has 0 unspecified atom stereocenters. The summed E-state index contributed by atoms with van der Waals surface area (Å²) in [5, 5.41) is 4.12. The first-order valence-corrected chi connectivity index (χ1v) is 7.75. The minimum absolute atomic E-state index is 0.722. The van der Waals surface area contributed by atoms with Crippen LogP contribution >= 0.6 is 11.6 Å². The molecule has 0 heterocycles. The van der Waals surface area contributed by atoms with Crippen molar-refractivity contribution >= 4 is 29.1 Å². The number of benzene rings is 1. The molecule has 0 amide bonds. The SMILES string of the molecule is C/C=C/C(=C\C=NC)c1cc(C)c(NC(C)=C(C)C)c(Cl)c1. The van der Waals surface area contributed by atoms with E-state index in [2.05, 4.69) is 50.1 Å². The number of halogens is 1.